The number of hydrogen-bond donors (Lipinski definition) is 1. The molecule has 0 radical (unpaired) electrons. The molecule has 0 amide bonds. The van der Waals surface area contributed by atoms with E-state index in [0.29, 0.717) is 6.61 Å². The highest BCUT2D eigenvalue weighted by Gasteiger charge is 2.13. The molecule has 0 saturated carbocycles. The average Bonchev–Trinajstić information content (AvgIpc) is 2.38. The van der Waals surface area contributed by atoms with Crippen molar-refractivity contribution < 1.29 is 9.66 Å². The number of nitro groups is 1. The fourth-order valence-electron chi connectivity index (χ4n) is 1.82. The van der Waals surface area contributed by atoms with E-state index < -0.39 is 0 Å². The van der Waals surface area contributed by atoms with E-state index in [0.717, 1.165) is 28.5 Å². The Kier molecular flexibility index (Phi) is 7.25. The van der Waals surface area contributed by atoms with E-state index in [9.17, 15) is 10.1 Å². The number of hydrogen-bond acceptors (Lipinski definition) is 4. The number of methoxy groups -OCH3 is 1. The molecule has 1 aromatic carbocycles. The van der Waals surface area contributed by atoms with E-state index in [-0.39, 0.29) is 16.7 Å². The number of nitrogens with zero attached hydrogens (tertiary/aromatic N) is 1. The molecule has 1 N–H and O–H groups in total. The molecule has 106 valence electrons. The van der Waals surface area contributed by atoms with Gasteiger partial charge in [-0.1, -0.05) is 13.0 Å². The maximum Gasteiger partial charge on any atom is 0.270 e. The Morgan fingerprint density at radius 1 is 1.53 bits per heavy atom. The lowest BCUT2D eigenvalue weighted by atomic mass is 10.1. The van der Waals surface area contributed by atoms with Gasteiger partial charge in [0.1, 0.15) is 0 Å². The minimum Gasteiger partial charge on any atom is -0.383 e. The Hall–Kier alpha value is -0.730. The Bertz CT molecular complexity index is 426. The van der Waals surface area contributed by atoms with Crippen molar-refractivity contribution in [3.8, 4) is 0 Å². The standard InChI is InChI=1S/C13H19IN2O3/c1-3-6-15-11(9-19-2)7-10-4-5-12(16(17)18)8-13(10)14/h4-5,8,11,15H,3,6-7,9H2,1-2H3. The zero-order valence-electron chi connectivity index (χ0n) is 11.2. The lowest BCUT2D eigenvalue weighted by Crippen LogP contribution is -2.35. The van der Waals surface area contributed by atoms with Gasteiger partial charge in [-0.3, -0.25) is 10.1 Å². The van der Waals surface area contributed by atoms with Crippen LogP contribution in [0.3, 0.4) is 0 Å². The number of ether oxygens (including phenoxy) is 1. The Balaban J connectivity index is 2.75. The van der Waals surface area contributed by atoms with Gasteiger partial charge in [-0.15, -0.1) is 0 Å². The SMILES string of the molecule is CCCNC(COC)Cc1ccc([N+](=O)[O-])cc1I. The molecule has 1 unspecified atom stereocenters. The van der Waals surface area contributed by atoms with E-state index >= 15 is 0 Å². The molecule has 6 heteroatoms. The number of nitro benzene ring substituents is 1. The van der Waals surface area contributed by atoms with Gasteiger partial charge < -0.3 is 10.1 Å². The normalized spacial score (nSPS) is 12.4. The monoisotopic (exact) mass is 378 g/mol. The number of benzene rings is 1. The summed E-state index contributed by atoms with van der Waals surface area (Å²) >= 11 is 2.15. The Labute approximate surface area is 127 Å². The summed E-state index contributed by atoms with van der Waals surface area (Å²) in [5, 5.41) is 14.1. The van der Waals surface area contributed by atoms with Crippen LogP contribution in [0.1, 0.15) is 18.9 Å². The number of nitrogens with one attached hydrogen (secondary N) is 1. The third-order valence-corrected chi connectivity index (χ3v) is 3.77. The summed E-state index contributed by atoms with van der Waals surface area (Å²) in [6, 6.07) is 5.23. The number of non-ortho nitro benzene ring substituents is 1. The molecule has 0 spiro atoms. The molecular weight excluding hydrogens is 359 g/mol. The molecular formula is C13H19IN2O3. The fraction of sp³-hybridized carbons (Fsp3) is 0.538. The molecule has 0 heterocycles. The summed E-state index contributed by atoms with van der Waals surface area (Å²) in [7, 11) is 1.68. The van der Waals surface area contributed by atoms with Gasteiger partial charge in [0.15, 0.2) is 0 Å². The van der Waals surface area contributed by atoms with Gasteiger partial charge >= 0.3 is 0 Å². The quantitative estimate of drug-likeness (QED) is 0.429. The van der Waals surface area contributed by atoms with Gasteiger partial charge in [0, 0.05) is 28.9 Å². The van der Waals surface area contributed by atoms with Gasteiger partial charge in [0.2, 0.25) is 0 Å². The van der Waals surface area contributed by atoms with Crippen LogP contribution in [0.4, 0.5) is 5.69 Å². The van der Waals surface area contributed by atoms with Crippen LogP contribution >= 0.6 is 22.6 Å². The summed E-state index contributed by atoms with van der Waals surface area (Å²) in [6.45, 7) is 3.69. The molecule has 0 bridgehead atoms. The molecule has 0 aromatic heterocycles. The number of rotatable bonds is 8. The summed E-state index contributed by atoms with van der Waals surface area (Å²) in [6.07, 6.45) is 1.88. The van der Waals surface area contributed by atoms with Crippen molar-refractivity contribution in [3.05, 3.63) is 37.4 Å². The average molecular weight is 378 g/mol. The van der Waals surface area contributed by atoms with Crippen LogP contribution in [0.15, 0.2) is 18.2 Å². The van der Waals surface area contributed by atoms with Crippen molar-refractivity contribution in [2.75, 3.05) is 20.3 Å². The Morgan fingerprint density at radius 3 is 2.79 bits per heavy atom. The van der Waals surface area contributed by atoms with Gasteiger partial charge in [-0.25, -0.2) is 0 Å². The van der Waals surface area contributed by atoms with Gasteiger partial charge in [-0.2, -0.15) is 0 Å². The number of halogens is 1. The molecule has 1 atom stereocenters. The second-order valence-electron chi connectivity index (χ2n) is 4.34. The zero-order chi connectivity index (χ0) is 14.3. The highest BCUT2D eigenvalue weighted by Crippen LogP contribution is 2.20. The van der Waals surface area contributed by atoms with Crippen LogP contribution in [0.5, 0.6) is 0 Å². The second-order valence-corrected chi connectivity index (χ2v) is 5.51. The maximum absolute atomic E-state index is 10.7. The second kappa shape index (κ2) is 8.44. The van der Waals surface area contributed by atoms with E-state index in [4.69, 9.17) is 4.74 Å². The molecule has 1 rings (SSSR count). The molecule has 1 aromatic rings. The van der Waals surface area contributed by atoms with Crippen LogP contribution in [-0.2, 0) is 11.2 Å². The third-order valence-electron chi connectivity index (χ3n) is 2.76. The van der Waals surface area contributed by atoms with E-state index in [2.05, 4.69) is 34.8 Å². The first-order chi connectivity index (χ1) is 9.08. The minimum atomic E-state index is -0.367. The largest absolute Gasteiger partial charge is 0.383 e. The van der Waals surface area contributed by atoms with Crippen LogP contribution in [-0.4, -0.2) is 31.2 Å². The van der Waals surface area contributed by atoms with Crippen molar-refractivity contribution in [3.63, 3.8) is 0 Å². The smallest absolute Gasteiger partial charge is 0.270 e. The summed E-state index contributed by atoms with van der Waals surface area (Å²) in [4.78, 5) is 10.3. The topological polar surface area (TPSA) is 64.4 Å². The Morgan fingerprint density at radius 2 is 2.26 bits per heavy atom. The lowest BCUT2D eigenvalue weighted by molar-refractivity contribution is -0.385. The molecule has 0 saturated heterocycles. The summed E-state index contributed by atoms with van der Waals surface area (Å²) in [5.74, 6) is 0. The molecule has 0 fully saturated rings. The molecule has 0 aliphatic rings. The van der Waals surface area contributed by atoms with Crippen molar-refractivity contribution in [1.29, 1.82) is 0 Å². The van der Waals surface area contributed by atoms with Crippen LogP contribution in [0.2, 0.25) is 0 Å². The van der Waals surface area contributed by atoms with E-state index in [1.54, 1.807) is 19.2 Å². The van der Waals surface area contributed by atoms with Crippen LogP contribution < -0.4 is 5.32 Å². The lowest BCUT2D eigenvalue weighted by Gasteiger charge is -2.18. The highest BCUT2D eigenvalue weighted by molar-refractivity contribution is 14.1. The van der Waals surface area contributed by atoms with Crippen molar-refractivity contribution in [1.82, 2.24) is 5.32 Å². The van der Waals surface area contributed by atoms with E-state index in [1.807, 2.05) is 6.07 Å². The first-order valence-electron chi connectivity index (χ1n) is 6.23. The molecule has 5 nitrogen and oxygen atoms in total. The first kappa shape index (κ1) is 16.3. The predicted octanol–water partition coefficient (Wildman–Crippen LogP) is 2.76. The molecule has 0 aliphatic carbocycles. The van der Waals surface area contributed by atoms with Gasteiger partial charge in [0.05, 0.1) is 11.5 Å². The highest BCUT2D eigenvalue weighted by atomic mass is 127. The predicted molar refractivity (Wildman–Crippen MR) is 83.5 cm³/mol. The third kappa shape index (κ3) is 5.42. The summed E-state index contributed by atoms with van der Waals surface area (Å²) < 4.78 is 6.12. The first-order valence-corrected chi connectivity index (χ1v) is 7.31. The van der Waals surface area contributed by atoms with Gasteiger partial charge in [0.25, 0.3) is 5.69 Å². The zero-order valence-corrected chi connectivity index (χ0v) is 13.3. The van der Waals surface area contributed by atoms with Crippen molar-refractivity contribution in [2.45, 2.75) is 25.8 Å². The van der Waals surface area contributed by atoms with Crippen LogP contribution in [0, 0.1) is 13.7 Å². The maximum atomic E-state index is 10.7. The minimum absolute atomic E-state index is 0.137. The molecule has 0 aliphatic heterocycles. The van der Waals surface area contributed by atoms with Crippen molar-refractivity contribution in [2.24, 2.45) is 0 Å². The summed E-state index contributed by atoms with van der Waals surface area (Å²) in [5.41, 5.74) is 1.25. The van der Waals surface area contributed by atoms with Gasteiger partial charge in [-0.05, 0) is 47.5 Å². The van der Waals surface area contributed by atoms with Crippen LogP contribution in [0.25, 0.3) is 0 Å². The van der Waals surface area contributed by atoms with Crippen molar-refractivity contribution >= 4 is 28.3 Å². The fourth-order valence-corrected chi connectivity index (χ4v) is 2.54. The van der Waals surface area contributed by atoms with E-state index in [1.165, 1.54) is 0 Å². The molecule has 19 heavy (non-hydrogen) atoms.